The first kappa shape index (κ1) is 13.3. The summed E-state index contributed by atoms with van der Waals surface area (Å²) in [5, 5.41) is 13.4. The maximum absolute atomic E-state index is 11.2. The molecule has 5 heteroatoms. The van der Waals surface area contributed by atoms with Gasteiger partial charge in [0.1, 0.15) is 0 Å². The van der Waals surface area contributed by atoms with Crippen molar-refractivity contribution in [2.45, 2.75) is 6.42 Å². The lowest BCUT2D eigenvalue weighted by Crippen LogP contribution is -2.32. The quantitative estimate of drug-likeness (QED) is 0.838. The Morgan fingerprint density at radius 2 is 2.24 bits per heavy atom. The van der Waals surface area contributed by atoms with E-state index in [0.29, 0.717) is 13.0 Å². The average molecular weight is 294 g/mol. The summed E-state index contributed by atoms with van der Waals surface area (Å²) < 4.78 is 0.961. The number of amides is 2. The second-order valence-electron chi connectivity index (χ2n) is 3.16. The largest absolute Gasteiger partial charge is 0.337 e. The standard InChI is InChI=1S/C12H12BrN3O/c13-11-5-2-1-4-10(11)6-9-16-12(17)15-8-3-7-14/h1-2,4-6,9H,3,8H2,(H2,15,16,17)/b9-6+. The summed E-state index contributed by atoms with van der Waals surface area (Å²) in [4.78, 5) is 11.2. The third kappa shape index (κ3) is 5.18. The molecular weight excluding hydrogens is 282 g/mol. The molecule has 1 aromatic rings. The molecule has 0 saturated carbocycles. The Morgan fingerprint density at radius 1 is 1.47 bits per heavy atom. The molecule has 0 aliphatic heterocycles. The number of halogens is 1. The van der Waals surface area contributed by atoms with Crippen LogP contribution in [0.2, 0.25) is 0 Å². The molecule has 0 aromatic heterocycles. The third-order valence-electron chi connectivity index (χ3n) is 1.90. The zero-order chi connectivity index (χ0) is 12.5. The number of carbonyl (C=O) groups excluding carboxylic acids is 1. The summed E-state index contributed by atoms with van der Waals surface area (Å²) in [5.41, 5.74) is 0.977. The predicted molar refractivity (Wildman–Crippen MR) is 69.9 cm³/mol. The van der Waals surface area contributed by atoms with Gasteiger partial charge >= 0.3 is 6.03 Å². The molecule has 0 saturated heterocycles. The van der Waals surface area contributed by atoms with Gasteiger partial charge in [-0.15, -0.1) is 0 Å². The smallest absolute Gasteiger partial charge is 0.318 e. The molecule has 0 spiro atoms. The first-order valence-electron chi connectivity index (χ1n) is 5.06. The molecule has 0 bridgehead atoms. The van der Waals surface area contributed by atoms with Crippen molar-refractivity contribution in [3.05, 3.63) is 40.5 Å². The van der Waals surface area contributed by atoms with Crippen LogP contribution in [0.5, 0.6) is 0 Å². The molecule has 0 unspecified atom stereocenters. The number of carbonyl (C=O) groups is 1. The van der Waals surface area contributed by atoms with Crippen molar-refractivity contribution < 1.29 is 4.79 Å². The molecule has 0 atom stereocenters. The highest BCUT2D eigenvalue weighted by molar-refractivity contribution is 9.10. The number of rotatable bonds is 4. The van der Waals surface area contributed by atoms with Crippen LogP contribution >= 0.6 is 15.9 Å². The normalized spacial score (nSPS) is 9.88. The monoisotopic (exact) mass is 293 g/mol. The highest BCUT2D eigenvalue weighted by atomic mass is 79.9. The Bertz CT molecular complexity index is 451. The minimum Gasteiger partial charge on any atom is -0.337 e. The second kappa shape index (κ2) is 7.47. The highest BCUT2D eigenvalue weighted by Crippen LogP contribution is 2.16. The number of hydrogen-bond acceptors (Lipinski definition) is 2. The molecule has 2 amide bonds. The Kier molecular flexibility index (Phi) is 5.83. The van der Waals surface area contributed by atoms with Crippen LogP contribution in [0.3, 0.4) is 0 Å². The Hall–Kier alpha value is -1.80. The summed E-state index contributed by atoms with van der Waals surface area (Å²) >= 11 is 3.40. The second-order valence-corrected chi connectivity index (χ2v) is 4.02. The van der Waals surface area contributed by atoms with E-state index in [0.717, 1.165) is 10.0 Å². The molecule has 17 heavy (non-hydrogen) atoms. The number of nitrogens with one attached hydrogen (secondary N) is 2. The van der Waals surface area contributed by atoms with Crippen molar-refractivity contribution in [3.63, 3.8) is 0 Å². The van der Waals surface area contributed by atoms with Crippen molar-refractivity contribution in [2.24, 2.45) is 0 Å². The molecule has 1 aromatic carbocycles. The minimum absolute atomic E-state index is 0.307. The van der Waals surface area contributed by atoms with Crippen LogP contribution in [0.25, 0.3) is 6.08 Å². The van der Waals surface area contributed by atoms with Gasteiger partial charge in [-0.1, -0.05) is 34.1 Å². The van der Waals surface area contributed by atoms with Crippen molar-refractivity contribution in [1.29, 1.82) is 5.26 Å². The minimum atomic E-state index is -0.316. The summed E-state index contributed by atoms with van der Waals surface area (Å²) in [7, 11) is 0. The van der Waals surface area contributed by atoms with E-state index in [2.05, 4.69) is 26.6 Å². The maximum atomic E-state index is 11.2. The first-order valence-corrected chi connectivity index (χ1v) is 5.85. The van der Waals surface area contributed by atoms with Gasteiger partial charge in [-0.3, -0.25) is 0 Å². The van der Waals surface area contributed by atoms with Gasteiger partial charge in [-0.25, -0.2) is 4.79 Å². The highest BCUT2D eigenvalue weighted by Gasteiger charge is 1.95. The average Bonchev–Trinajstić information content (AvgIpc) is 2.32. The molecular formula is C12H12BrN3O. The lowest BCUT2D eigenvalue weighted by Gasteiger charge is -2.01. The van der Waals surface area contributed by atoms with Gasteiger partial charge in [-0.2, -0.15) is 5.26 Å². The van der Waals surface area contributed by atoms with Crippen LogP contribution in [0.1, 0.15) is 12.0 Å². The van der Waals surface area contributed by atoms with Gasteiger partial charge < -0.3 is 10.6 Å². The van der Waals surface area contributed by atoms with Crippen LogP contribution in [0.15, 0.2) is 34.9 Å². The van der Waals surface area contributed by atoms with E-state index in [-0.39, 0.29) is 6.03 Å². The zero-order valence-electron chi connectivity index (χ0n) is 9.11. The van der Waals surface area contributed by atoms with E-state index in [1.807, 2.05) is 30.3 Å². The number of nitriles is 1. The summed E-state index contributed by atoms with van der Waals surface area (Å²) in [6, 6.07) is 9.31. The molecule has 1 rings (SSSR count). The summed E-state index contributed by atoms with van der Waals surface area (Å²) in [6.07, 6.45) is 3.65. The number of urea groups is 1. The fraction of sp³-hybridized carbons (Fsp3) is 0.167. The van der Waals surface area contributed by atoms with Crippen LogP contribution in [0.4, 0.5) is 4.79 Å². The van der Waals surface area contributed by atoms with Gasteiger partial charge in [0.2, 0.25) is 0 Å². The van der Waals surface area contributed by atoms with E-state index in [1.165, 1.54) is 0 Å². The predicted octanol–water partition coefficient (Wildman–Crippen LogP) is 2.63. The molecule has 4 nitrogen and oxygen atoms in total. The van der Waals surface area contributed by atoms with Gasteiger partial charge in [0.25, 0.3) is 0 Å². The number of hydrogen-bond donors (Lipinski definition) is 2. The molecule has 88 valence electrons. The zero-order valence-corrected chi connectivity index (χ0v) is 10.7. The number of benzene rings is 1. The Labute approximate surface area is 108 Å². The molecule has 0 fully saturated rings. The van der Waals surface area contributed by atoms with E-state index in [4.69, 9.17) is 5.26 Å². The fourth-order valence-electron chi connectivity index (χ4n) is 1.10. The van der Waals surface area contributed by atoms with Crippen molar-refractivity contribution in [1.82, 2.24) is 10.6 Å². The molecule has 0 radical (unpaired) electrons. The van der Waals surface area contributed by atoms with E-state index < -0.39 is 0 Å². The van der Waals surface area contributed by atoms with Crippen LogP contribution in [0, 0.1) is 11.3 Å². The summed E-state index contributed by atoms with van der Waals surface area (Å²) in [5.74, 6) is 0. The third-order valence-corrected chi connectivity index (χ3v) is 2.63. The first-order chi connectivity index (χ1) is 8.24. The molecule has 0 aliphatic rings. The van der Waals surface area contributed by atoms with Crippen LogP contribution in [-0.2, 0) is 0 Å². The van der Waals surface area contributed by atoms with Crippen LogP contribution in [-0.4, -0.2) is 12.6 Å². The molecule has 0 aliphatic carbocycles. The maximum Gasteiger partial charge on any atom is 0.318 e. The Morgan fingerprint density at radius 3 is 2.94 bits per heavy atom. The molecule has 0 heterocycles. The van der Waals surface area contributed by atoms with Crippen molar-refractivity contribution >= 4 is 28.0 Å². The lowest BCUT2D eigenvalue weighted by atomic mass is 10.2. The topological polar surface area (TPSA) is 64.9 Å². The van der Waals surface area contributed by atoms with E-state index in [9.17, 15) is 4.79 Å². The van der Waals surface area contributed by atoms with Gasteiger partial charge in [0.05, 0.1) is 12.5 Å². The lowest BCUT2D eigenvalue weighted by molar-refractivity contribution is 0.244. The van der Waals surface area contributed by atoms with Gasteiger partial charge in [0.15, 0.2) is 0 Å². The van der Waals surface area contributed by atoms with E-state index >= 15 is 0 Å². The number of nitrogens with zero attached hydrogens (tertiary/aromatic N) is 1. The summed E-state index contributed by atoms with van der Waals surface area (Å²) in [6.45, 7) is 0.352. The van der Waals surface area contributed by atoms with Gasteiger partial charge in [0, 0.05) is 17.2 Å². The fourth-order valence-corrected chi connectivity index (χ4v) is 1.52. The SMILES string of the molecule is N#CCCNC(=O)N/C=C/c1ccccc1Br. The molecule has 2 N–H and O–H groups in total. The van der Waals surface area contributed by atoms with Crippen molar-refractivity contribution in [2.75, 3.05) is 6.54 Å². The van der Waals surface area contributed by atoms with E-state index in [1.54, 1.807) is 12.3 Å². The van der Waals surface area contributed by atoms with Crippen molar-refractivity contribution in [3.8, 4) is 6.07 Å². The Balaban J connectivity index is 2.38. The van der Waals surface area contributed by atoms with Crippen LogP contribution < -0.4 is 10.6 Å². The van der Waals surface area contributed by atoms with Gasteiger partial charge in [-0.05, 0) is 17.7 Å².